The second kappa shape index (κ2) is 6.89. The minimum Gasteiger partial charge on any atom is -0.494 e. The van der Waals surface area contributed by atoms with Crippen LogP contribution in [0.25, 0.3) is 22.4 Å². The van der Waals surface area contributed by atoms with Gasteiger partial charge in [-0.25, -0.2) is 4.98 Å². The Bertz CT molecular complexity index is 1040. The number of fused-ring (bicyclic) bond motifs is 1. The molecule has 0 radical (unpaired) electrons. The van der Waals surface area contributed by atoms with Crippen molar-refractivity contribution in [1.82, 2.24) is 4.98 Å². The summed E-state index contributed by atoms with van der Waals surface area (Å²) in [6, 6.07) is 17.2. The van der Waals surface area contributed by atoms with E-state index >= 15 is 0 Å². The van der Waals surface area contributed by atoms with Crippen LogP contribution in [0.1, 0.15) is 12.5 Å². The maximum absolute atomic E-state index is 9.56. The van der Waals surface area contributed by atoms with E-state index < -0.39 is 0 Å². The van der Waals surface area contributed by atoms with Crippen LogP contribution in [-0.2, 0) is 0 Å². The molecule has 2 heterocycles. The Kier molecular flexibility index (Phi) is 4.27. The molecule has 2 N–H and O–H groups in total. The third-order valence-electron chi connectivity index (χ3n) is 4.30. The molecule has 0 bridgehead atoms. The van der Waals surface area contributed by atoms with Crippen molar-refractivity contribution in [1.29, 1.82) is 5.26 Å². The number of nitriles is 1. The minimum atomic E-state index is 0.191. The average Bonchev–Trinajstić information content (AvgIpc) is 3.16. The molecular weight excluding hydrogens is 342 g/mol. The van der Waals surface area contributed by atoms with Gasteiger partial charge >= 0.3 is 0 Å². The fourth-order valence-electron chi connectivity index (χ4n) is 3.01. The summed E-state index contributed by atoms with van der Waals surface area (Å²) >= 11 is 0. The Labute approximate surface area is 156 Å². The number of nitrogen functional groups attached to an aromatic ring is 1. The molecule has 1 aliphatic rings. The monoisotopic (exact) mass is 359 g/mol. The molecule has 0 saturated heterocycles. The van der Waals surface area contributed by atoms with Crippen molar-refractivity contribution in [2.75, 3.05) is 19.1 Å². The van der Waals surface area contributed by atoms with E-state index in [2.05, 4.69) is 11.1 Å². The van der Waals surface area contributed by atoms with Gasteiger partial charge in [-0.05, 0) is 48.9 Å². The van der Waals surface area contributed by atoms with Gasteiger partial charge in [0, 0.05) is 11.1 Å². The van der Waals surface area contributed by atoms with Gasteiger partial charge in [0.15, 0.2) is 11.5 Å². The fourth-order valence-corrected chi connectivity index (χ4v) is 3.01. The molecule has 6 heteroatoms. The van der Waals surface area contributed by atoms with E-state index in [0.717, 1.165) is 22.4 Å². The average molecular weight is 359 g/mol. The van der Waals surface area contributed by atoms with E-state index in [1.54, 1.807) is 0 Å². The number of aromatic nitrogens is 1. The topological polar surface area (TPSA) is 90.4 Å². The molecule has 0 unspecified atom stereocenters. The number of nitrogens with zero attached hydrogens (tertiary/aromatic N) is 2. The fraction of sp³-hybridized carbons (Fsp3) is 0.143. The largest absolute Gasteiger partial charge is 0.494 e. The number of benzene rings is 2. The summed E-state index contributed by atoms with van der Waals surface area (Å²) in [6.07, 6.45) is 0. The zero-order valence-electron chi connectivity index (χ0n) is 14.7. The molecule has 0 spiro atoms. The van der Waals surface area contributed by atoms with Crippen LogP contribution in [0.15, 0.2) is 48.5 Å². The Morgan fingerprint density at radius 2 is 1.81 bits per heavy atom. The SMILES string of the molecule is CCOc1ccc(-c2cc(-c3ccc4c(c3)OCO4)nc(N)c2C#N)cc1. The first-order valence-electron chi connectivity index (χ1n) is 8.53. The summed E-state index contributed by atoms with van der Waals surface area (Å²) < 4.78 is 16.3. The number of hydrogen-bond donors (Lipinski definition) is 1. The van der Waals surface area contributed by atoms with Crippen molar-refractivity contribution in [2.45, 2.75) is 6.92 Å². The maximum Gasteiger partial charge on any atom is 0.231 e. The normalized spacial score (nSPS) is 11.9. The molecule has 4 rings (SSSR count). The van der Waals surface area contributed by atoms with Crippen LogP contribution in [0.2, 0.25) is 0 Å². The molecule has 2 aromatic carbocycles. The molecule has 1 aliphatic heterocycles. The van der Waals surface area contributed by atoms with Crippen LogP contribution >= 0.6 is 0 Å². The Balaban J connectivity index is 1.80. The number of nitrogens with two attached hydrogens (primary N) is 1. The summed E-state index contributed by atoms with van der Waals surface area (Å²) in [7, 11) is 0. The quantitative estimate of drug-likeness (QED) is 0.757. The van der Waals surface area contributed by atoms with Crippen LogP contribution in [-0.4, -0.2) is 18.4 Å². The van der Waals surface area contributed by atoms with Crippen LogP contribution in [0.3, 0.4) is 0 Å². The van der Waals surface area contributed by atoms with Gasteiger partial charge in [0.25, 0.3) is 0 Å². The van der Waals surface area contributed by atoms with Crippen molar-refractivity contribution in [3.8, 4) is 45.7 Å². The third kappa shape index (κ3) is 3.11. The molecule has 1 aromatic heterocycles. The van der Waals surface area contributed by atoms with Crippen molar-refractivity contribution < 1.29 is 14.2 Å². The first-order chi connectivity index (χ1) is 13.2. The highest BCUT2D eigenvalue weighted by atomic mass is 16.7. The Morgan fingerprint density at radius 1 is 1.07 bits per heavy atom. The Hall–Kier alpha value is -3.72. The lowest BCUT2D eigenvalue weighted by molar-refractivity contribution is 0.174. The summed E-state index contributed by atoms with van der Waals surface area (Å²) in [4.78, 5) is 4.41. The number of hydrogen-bond acceptors (Lipinski definition) is 6. The molecule has 27 heavy (non-hydrogen) atoms. The molecule has 3 aromatic rings. The molecular formula is C21H17N3O3. The van der Waals surface area contributed by atoms with Gasteiger partial charge in [0.2, 0.25) is 6.79 Å². The number of anilines is 1. The lowest BCUT2D eigenvalue weighted by atomic mass is 9.98. The van der Waals surface area contributed by atoms with E-state index in [1.807, 2.05) is 55.5 Å². The molecule has 0 saturated carbocycles. The van der Waals surface area contributed by atoms with Gasteiger partial charge in [-0.2, -0.15) is 5.26 Å². The standard InChI is InChI=1S/C21H17N3O3/c1-2-25-15-6-3-13(4-7-15)16-10-18(24-21(23)17(16)11-22)14-5-8-19-20(9-14)27-12-26-19/h3-10H,2,12H2,1H3,(H2,23,24). The lowest BCUT2D eigenvalue weighted by Gasteiger charge is -2.11. The highest BCUT2D eigenvalue weighted by molar-refractivity contribution is 5.80. The third-order valence-corrected chi connectivity index (χ3v) is 4.30. The van der Waals surface area contributed by atoms with Gasteiger partial charge in [0.1, 0.15) is 23.2 Å². The van der Waals surface area contributed by atoms with Gasteiger partial charge in [0.05, 0.1) is 12.3 Å². The summed E-state index contributed by atoms with van der Waals surface area (Å²) in [5.41, 5.74) is 9.52. The summed E-state index contributed by atoms with van der Waals surface area (Å²) in [5, 5.41) is 9.56. The van der Waals surface area contributed by atoms with Crippen molar-refractivity contribution in [3.05, 3.63) is 54.1 Å². The maximum atomic E-state index is 9.56. The van der Waals surface area contributed by atoms with Gasteiger partial charge in [-0.1, -0.05) is 12.1 Å². The van der Waals surface area contributed by atoms with Crippen LogP contribution < -0.4 is 19.9 Å². The van der Waals surface area contributed by atoms with E-state index in [1.165, 1.54) is 0 Å². The van der Waals surface area contributed by atoms with Gasteiger partial charge in [-0.15, -0.1) is 0 Å². The van der Waals surface area contributed by atoms with Crippen molar-refractivity contribution in [3.63, 3.8) is 0 Å². The van der Waals surface area contributed by atoms with E-state index in [-0.39, 0.29) is 12.6 Å². The molecule has 0 fully saturated rings. The van der Waals surface area contributed by atoms with Crippen LogP contribution in [0.4, 0.5) is 5.82 Å². The predicted molar refractivity (Wildman–Crippen MR) is 102 cm³/mol. The zero-order chi connectivity index (χ0) is 18.8. The van der Waals surface area contributed by atoms with Crippen LogP contribution in [0, 0.1) is 11.3 Å². The number of pyridine rings is 1. The number of rotatable bonds is 4. The lowest BCUT2D eigenvalue weighted by Crippen LogP contribution is -2.00. The molecule has 0 aliphatic carbocycles. The van der Waals surface area contributed by atoms with E-state index in [4.69, 9.17) is 19.9 Å². The Morgan fingerprint density at radius 3 is 2.56 bits per heavy atom. The van der Waals surface area contributed by atoms with E-state index in [9.17, 15) is 5.26 Å². The van der Waals surface area contributed by atoms with Crippen LogP contribution in [0.5, 0.6) is 17.2 Å². The summed E-state index contributed by atoms with van der Waals surface area (Å²) in [6.45, 7) is 2.74. The molecule has 6 nitrogen and oxygen atoms in total. The smallest absolute Gasteiger partial charge is 0.231 e. The minimum absolute atomic E-state index is 0.191. The highest BCUT2D eigenvalue weighted by Crippen LogP contribution is 2.37. The zero-order valence-corrected chi connectivity index (χ0v) is 14.7. The molecule has 134 valence electrons. The first-order valence-corrected chi connectivity index (χ1v) is 8.53. The number of ether oxygens (including phenoxy) is 3. The van der Waals surface area contributed by atoms with Gasteiger partial charge in [-0.3, -0.25) is 0 Å². The molecule has 0 amide bonds. The van der Waals surface area contributed by atoms with Crippen molar-refractivity contribution in [2.24, 2.45) is 0 Å². The molecule has 0 atom stereocenters. The highest BCUT2D eigenvalue weighted by Gasteiger charge is 2.17. The van der Waals surface area contributed by atoms with E-state index in [0.29, 0.717) is 29.4 Å². The second-order valence-corrected chi connectivity index (χ2v) is 5.95. The summed E-state index contributed by atoms with van der Waals surface area (Å²) in [5.74, 6) is 2.33. The van der Waals surface area contributed by atoms with Gasteiger partial charge < -0.3 is 19.9 Å². The second-order valence-electron chi connectivity index (χ2n) is 5.95. The predicted octanol–water partition coefficient (Wildman–Crippen LogP) is 4.00. The van der Waals surface area contributed by atoms with Crippen molar-refractivity contribution >= 4 is 5.82 Å². The first kappa shape index (κ1) is 16.7.